The highest BCUT2D eigenvalue weighted by Crippen LogP contribution is 2.45. The fourth-order valence-electron chi connectivity index (χ4n) is 4.16. The standard InChI is InChI=1S/C28H22N2/c29-22-15-13-20(14-16-22)24-17-18-26(30)28(27(24)21-8-2-1-3-9-21)25-12-6-10-19-7-4-5-11-23(19)25/h1-18H,29-30H2. The molecule has 0 aliphatic rings. The largest absolute Gasteiger partial charge is 0.399 e. The zero-order valence-electron chi connectivity index (χ0n) is 16.5. The van der Waals surface area contributed by atoms with Gasteiger partial charge in [-0.15, -0.1) is 0 Å². The van der Waals surface area contributed by atoms with Gasteiger partial charge in [-0.2, -0.15) is 0 Å². The molecule has 0 amide bonds. The van der Waals surface area contributed by atoms with Crippen LogP contribution in [0.25, 0.3) is 44.2 Å². The van der Waals surface area contributed by atoms with Crippen molar-refractivity contribution in [2.24, 2.45) is 0 Å². The van der Waals surface area contributed by atoms with Crippen LogP contribution in [-0.4, -0.2) is 0 Å². The Bertz CT molecular complexity index is 1330. The van der Waals surface area contributed by atoms with Gasteiger partial charge in [-0.1, -0.05) is 91.0 Å². The van der Waals surface area contributed by atoms with Gasteiger partial charge in [0.2, 0.25) is 0 Å². The smallest absolute Gasteiger partial charge is 0.0400 e. The number of benzene rings is 5. The van der Waals surface area contributed by atoms with Gasteiger partial charge in [-0.25, -0.2) is 0 Å². The molecule has 0 radical (unpaired) electrons. The minimum absolute atomic E-state index is 0.754. The molecule has 0 fully saturated rings. The lowest BCUT2D eigenvalue weighted by molar-refractivity contribution is 1.56. The predicted molar refractivity (Wildman–Crippen MR) is 129 cm³/mol. The van der Waals surface area contributed by atoms with Crippen molar-refractivity contribution in [2.45, 2.75) is 0 Å². The summed E-state index contributed by atoms with van der Waals surface area (Å²) in [5, 5.41) is 2.39. The van der Waals surface area contributed by atoms with Crippen LogP contribution in [0.3, 0.4) is 0 Å². The van der Waals surface area contributed by atoms with Crippen LogP contribution in [0.2, 0.25) is 0 Å². The van der Waals surface area contributed by atoms with E-state index >= 15 is 0 Å². The fourth-order valence-corrected chi connectivity index (χ4v) is 4.16. The van der Waals surface area contributed by atoms with Gasteiger partial charge in [0.15, 0.2) is 0 Å². The van der Waals surface area contributed by atoms with Crippen LogP contribution in [0.1, 0.15) is 0 Å². The molecule has 2 nitrogen and oxygen atoms in total. The van der Waals surface area contributed by atoms with E-state index in [-0.39, 0.29) is 0 Å². The highest BCUT2D eigenvalue weighted by Gasteiger charge is 2.18. The van der Waals surface area contributed by atoms with Crippen molar-refractivity contribution in [1.29, 1.82) is 0 Å². The van der Waals surface area contributed by atoms with Gasteiger partial charge in [0, 0.05) is 16.9 Å². The molecule has 0 aliphatic carbocycles. The van der Waals surface area contributed by atoms with Crippen LogP contribution < -0.4 is 11.5 Å². The maximum absolute atomic E-state index is 6.63. The number of hydrogen-bond acceptors (Lipinski definition) is 2. The molecule has 0 heterocycles. The van der Waals surface area contributed by atoms with E-state index in [9.17, 15) is 0 Å². The average Bonchev–Trinajstić information content (AvgIpc) is 2.80. The second-order valence-electron chi connectivity index (χ2n) is 7.47. The monoisotopic (exact) mass is 386 g/mol. The molecule has 0 unspecified atom stereocenters. The molecule has 5 aromatic rings. The number of nitrogens with two attached hydrogens (primary N) is 2. The van der Waals surface area contributed by atoms with E-state index in [0.717, 1.165) is 44.8 Å². The molecule has 0 atom stereocenters. The summed E-state index contributed by atoms with van der Waals surface area (Å²) in [6.45, 7) is 0. The molecule has 0 aromatic heterocycles. The topological polar surface area (TPSA) is 52.0 Å². The van der Waals surface area contributed by atoms with Gasteiger partial charge in [0.25, 0.3) is 0 Å². The maximum atomic E-state index is 6.63. The molecule has 4 N–H and O–H groups in total. The van der Waals surface area contributed by atoms with E-state index < -0.39 is 0 Å². The molecule has 0 aliphatic heterocycles. The molecule has 0 saturated carbocycles. The first-order valence-corrected chi connectivity index (χ1v) is 10.0. The minimum Gasteiger partial charge on any atom is -0.399 e. The summed E-state index contributed by atoms with van der Waals surface area (Å²) in [7, 11) is 0. The van der Waals surface area contributed by atoms with E-state index in [2.05, 4.69) is 84.9 Å². The molecule has 0 bridgehead atoms. The van der Waals surface area contributed by atoms with Crippen molar-refractivity contribution in [3.05, 3.63) is 109 Å². The number of nitrogen functional groups attached to an aromatic ring is 2. The Morgan fingerprint density at radius 3 is 1.93 bits per heavy atom. The molecule has 5 rings (SSSR count). The van der Waals surface area contributed by atoms with Crippen LogP contribution >= 0.6 is 0 Å². The van der Waals surface area contributed by atoms with Gasteiger partial charge in [0.05, 0.1) is 0 Å². The summed E-state index contributed by atoms with van der Waals surface area (Å²) in [6, 6.07) is 37.4. The first-order valence-electron chi connectivity index (χ1n) is 10.0. The Hall–Kier alpha value is -4.04. The van der Waals surface area contributed by atoms with E-state index in [1.165, 1.54) is 10.8 Å². The number of anilines is 2. The van der Waals surface area contributed by atoms with Gasteiger partial charge >= 0.3 is 0 Å². The second kappa shape index (κ2) is 7.41. The first kappa shape index (κ1) is 18.0. The quantitative estimate of drug-likeness (QED) is 0.328. The van der Waals surface area contributed by atoms with Crippen molar-refractivity contribution in [2.75, 3.05) is 11.5 Å². The molecule has 0 spiro atoms. The number of hydrogen-bond donors (Lipinski definition) is 2. The normalized spacial score (nSPS) is 10.9. The Morgan fingerprint density at radius 2 is 1.13 bits per heavy atom. The predicted octanol–water partition coefficient (Wildman–Crippen LogP) is 7.01. The summed E-state index contributed by atoms with van der Waals surface area (Å²) in [5.74, 6) is 0. The summed E-state index contributed by atoms with van der Waals surface area (Å²) in [6.07, 6.45) is 0. The van der Waals surface area contributed by atoms with E-state index in [0.29, 0.717) is 0 Å². The highest BCUT2D eigenvalue weighted by atomic mass is 14.6. The first-order chi connectivity index (χ1) is 14.7. The Kier molecular flexibility index (Phi) is 4.45. The van der Waals surface area contributed by atoms with Crippen molar-refractivity contribution in [1.82, 2.24) is 0 Å². The van der Waals surface area contributed by atoms with Crippen LogP contribution in [0, 0.1) is 0 Å². The molecular weight excluding hydrogens is 364 g/mol. The van der Waals surface area contributed by atoms with Crippen molar-refractivity contribution in [3.63, 3.8) is 0 Å². The van der Waals surface area contributed by atoms with Gasteiger partial charge in [0.1, 0.15) is 0 Å². The van der Waals surface area contributed by atoms with Crippen molar-refractivity contribution < 1.29 is 0 Å². The minimum atomic E-state index is 0.754. The lowest BCUT2D eigenvalue weighted by Gasteiger charge is -2.19. The molecule has 0 saturated heterocycles. The molecule has 2 heteroatoms. The SMILES string of the molecule is Nc1ccc(-c2ccc(N)c(-c3cccc4ccccc34)c2-c2ccccc2)cc1. The summed E-state index contributed by atoms with van der Waals surface area (Å²) < 4.78 is 0. The Morgan fingerprint density at radius 1 is 0.433 bits per heavy atom. The zero-order chi connectivity index (χ0) is 20.5. The second-order valence-corrected chi connectivity index (χ2v) is 7.47. The van der Waals surface area contributed by atoms with Crippen LogP contribution in [0.4, 0.5) is 11.4 Å². The van der Waals surface area contributed by atoms with E-state index in [1.54, 1.807) is 0 Å². The van der Waals surface area contributed by atoms with E-state index in [1.807, 2.05) is 24.3 Å². The van der Waals surface area contributed by atoms with Crippen LogP contribution in [0.5, 0.6) is 0 Å². The highest BCUT2D eigenvalue weighted by molar-refractivity contribution is 6.07. The van der Waals surface area contributed by atoms with E-state index in [4.69, 9.17) is 11.5 Å². The van der Waals surface area contributed by atoms with Gasteiger partial charge < -0.3 is 11.5 Å². The molecule has 5 aromatic carbocycles. The summed E-state index contributed by atoms with van der Waals surface area (Å²) in [4.78, 5) is 0. The molecule has 30 heavy (non-hydrogen) atoms. The van der Waals surface area contributed by atoms with Crippen molar-refractivity contribution in [3.8, 4) is 33.4 Å². The average molecular weight is 386 g/mol. The summed E-state index contributed by atoms with van der Waals surface area (Å²) >= 11 is 0. The lowest BCUT2D eigenvalue weighted by atomic mass is 9.85. The van der Waals surface area contributed by atoms with Crippen LogP contribution in [-0.2, 0) is 0 Å². The maximum Gasteiger partial charge on any atom is 0.0400 e. The Labute approximate surface area is 176 Å². The third kappa shape index (κ3) is 3.09. The summed E-state index contributed by atoms with van der Waals surface area (Å²) in [5.41, 5.74) is 20.8. The third-order valence-corrected chi connectivity index (χ3v) is 5.58. The number of rotatable bonds is 3. The third-order valence-electron chi connectivity index (χ3n) is 5.58. The van der Waals surface area contributed by atoms with Crippen molar-refractivity contribution >= 4 is 22.1 Å². The molecular formula is C28H22N2. The number of fused-ring (bicyclic) bond motifs is 1. The van der Waals surface area contributed by atoms with Gasteiger partial charge in [-0.3, -0.25) is 0 Å². The fraction of sp³-hybridized carbons (Fsp3) is 0. The van der Waals surface area contributed by atoms with Gasteiger partial charge in [-0.05, 0) is 56.8 Å². The Balaban J connectivity index is 1.89. The lowest BCUT2D eigenvalue weighted by Crippen LogP contribution is -1.97. The molecule has 144 valence electrons. The van der Waals surface area contributed by atoms with Crippen LogP contribution in [0.15, 0.2) is 109 Å². The zero-order valence-corrected chi connectivity index (χ0v) is 16.5.